The quantitative estimate of drug-likeness (QED) is 0.847. The molecule has 0 aliphatic carbocycles. The van der Waals surface area contributed by atoms with Gasteiger partial charge in [-0.1, -0.05) is 0 Å². The molecule has 1 fully saturated rings. The molecule has 0 N–H and O–H groups in total. The van der Waals surface area contributed by atoms with Crippen LogP contribution >= 0.6 is 15.9 Å². The molecule has 2 aromatic rings. The molecule has 3 heterocycles. The lowest BCUT2D eigenvalue weighted by molar-refractivity contribution is 0.248. The van der Waals surface area contributed by atoms with E-state index in [9.17, 15) is 4.39 Å². The van der Waals surface area contributed by atoms with Gasteiger partial charge < -0.3 is 4.90 Å². The molecule has 0 aromatic carbocycles. The third-order valence-electron chi connectivity index (χ3n) is 3.43. The van der Waals surface area contributed by atoms with E-state index in [1.807, 2.05) is 6.20 Å². The molecule has 1 aliphatic rings. The van der Waals surface area contributed by atoms with Crippen molar-refractivity contribution in [1.29, 1.82) is 0 Å². The second-order valence-corrected chi connectivity index (χ2v) is 5.89. The normalized spacial score (nSPS) is 16.2. The van der Waals surface area contributed by atoms with E-state index in [1.165, 1.54) is 18.0 Å². The van der Waals surface area contributed by atoms with Gasteiger partial charge in [0, 0.05) is 49.6 Å². The Bertz CT molecular complexity index is 599. The largest absolute Gasteiger partial charge is 0.338 e. The smallest absolute Gasteiger partial charge is 0.225 e. The zero-order chi connectivity index (χ0) is 14.7. The van der Waals surface area contributed by atoms with Crippen LogP contribution < -0.4 is 4.90 Å². The number of nitrogens with zero attached hydrogens (tertiary/aromatic N) is 5. The van der Waals surface area contributed by atoms with Crippen molar-refractivity contribution in [2.75, 3.05) is 31.1 Å². The minimum Gasteiger partial charge on any atom is -0.338 e. The van der Waals surface area contributed by atoms with Crippen molar-refractivity contribution in [3.8, 4) is 0 Å². The lowest BCUT2D eigenvalue weighted by Crippen LogP contribution is -2.46. The van der Waals surface area contributed by atoms with E-state index < -0.39 is 5.82 Å². The molecule has 3 rings (SSSR count). The van der Waals surface area contributed by atoms with E-state index in [1.54, 1.807) is 6.20 Å². The molecule has 0 unspecified atom stereocenters. The molecular formula is C14H15BrFN5. The molecule has 0 bridgehead atoms. The number of halogens is 2. The maximum atomic E-state index is 12.8. The molecule has 2 aromatic heterocycles. The Morgan fingerprint density at radius 2 is 1.76 bits per heavy atom. The Morgan fingerprint density at radius 3 is 2.43 bits per heavy atom. The molecule has 0 radical (unpaired) electrons. The van der Waals surface area contributed by atoms with Crippen molar-refractivity contribution in [3.05, 3.63) is 46.7 Å². The van der Waals surface area contributed by atoms with Crippen LogP contribution in [0.5, 0.6) is 0 Å². The van der Waals surface area contributed by atoms with Crippen LogP contribution in [0.2, 0.25) is 0 Å². The van der Waals surface area contributed by atoms with Gasteiger partial charge in [0.2, 0.25) is 5.95 Å². The summed E-state index contributed by atoms with van der Waals surface area (Å²) in [6, 6.07) is 2.09. The van der Waals surface area contributed by atoms with Crippen LogP contribution in [0, 0.1) is 5.82 Å². The number of hydrogen-bond acceptors (Lipinski definition) is 5. The summed E-state index contributed by atoms with van der Waals surface area (Å²) in [6.07, 6.45) is 6.09. The zero-order valence-electron chi connectivity index (χ0n) is 11.4. The Labute approximate surface area is 131 Å². The van der Waals surface area contributed by atoms with Crippen molar-refractivity contribution >= 4 is 21.9 Å². The minimum atomic E-state index is -0.403. The third kappa shape index (κ3) is 3.74. The van der Waals surface area contributed by atoms with E-state index >= 15 is 0 Å². The van der Waals surface area contributed by atoms with Gasteiger partial charge >= 0.3 is 0 Å². The first-order valence-corrected chi connectivity index (χ1v) is 7.54. The number of piperazine rings is 1. The van der Waals surface area contributed by atoms with E-state index in [0.717, 1.165) is 37.2 Å². The predicted molar refractivity (Wildman–Crippen MR) is 81.4 cm³/mol. The molecule has 7 heteroatoms. The first-order valence-electron chi connectivity index (χ1n) is 6.75. The third-order valence-corrected chi connectivity index (χ3v) is 3.86. The maximum absolute atomic E-state index is 12.8. The Balaban J connectivity index is 1.56. The topological polar surface area (TPSA) is 45.2 Å². The van der Waals surface area contributed by atoms with E-state index in [0.29, 0.717) is 5.95 Å². The number of hydrogen-bond donors (Lipinski definition) is 0. The minimum absolute atomic E-state index is 0.403. The summed E-state index contributed by atoms with van der Waals surface area (Å²) in [5, 5.41) is 0. The van der Waals surface area contributed by atoms with Crippen LogP contribution in [0.15, 0.2) is 35.3 Å². The second kappa shape index (κ2) is 6.44. The molecule has 0 spiro atoms. The summed E-state index contributed by atoms with van der Waals surface area (Å²) < 4.78 is 13.8. The highest BCUT2D eigenvalue weighted by atomic mass is 79.9. The van der Waals surface area contributed by atoms with Gasteiger partial charge in [-0.05, 0) is 27.6 Å². The Hall–Kier alpha value is -1.60. The van der Waals surface area contributed by atoms with Crippen LogP contribution in [0.25, 0.3) is 0 Å². The molecule has 1 saturated heterocycles. The van der Waals surface area contributed by atoms with Gasteiger partial charge in [0.1, 0.15) is 0 Å². The summed E-state index contributed by atoms with van der Waals surface area (Å²) in [7, 11) is 0. The molecule has 0 amide bonds. The van der Waals surface area contributed by atoms with Crippen LogP contribution in [-0.2, 0) is 6.54 Å². The van der Waals surface area contributed by atoms with Crippen molar-refractivity contribution in [2.45, 2.75) is 6.54 Å². The fraction of sp³-hybridized carbons (Fsp3) is 0.357. The van der Waals surface area contributed by atoms with Crippen LogP contribution in [0.4, 0.5) is 10.3 Å². The number of rotatable bonds is 3. The molecule has 5 nitrogen and oxygen atoms in total. The highest BCUT2D eigenvalue weighted by molar-refractivity contribution is 9.10. The fourth-order valence-electron chi connectivity index (χ4n) is 2.38. The van der Waals surface area contributed by atoms with Gasteiger partial charge in [-0.25, -0.2) is 14.4 Å². The molecule has 1 aliphatic heterocycles. The first-order chi connectivity index (χ1) is 10.2. The van der Waals surface area contributed by atoms with Gasteiger partial charge in [0.15, 0.2) is 5.82 Å². The Morgan fingerprint density at radius 1 is 1.05 bits per heavy atom. The summed E-state index contributed by atoms with van der Waals surface area (Å²) in [5.41, 5.74) is 1.19. The lowest BCUT2D eigenvalue weighted by Gasteiger charge is -2.34. The first kappa shape index (κ1) is 14.3. The van der Waals surface area contributed by atoms with Crippen LogP contribution in [0.3, 0.4) is 0 Å². The SMILES string of the molecule is Fc1cnc(N2CCN(Cc3cncc(Br)c3)CC2)nc1. The highest BCUT2D eigenvalue weighted by Crippen LogP contribution is 2.15. The summed E-state index contributed by atoms with van der Waals surface area (Å²) in [6.45, 7) is 4.41. The van der Waals surface area contributed by atoms with Gasteiger partial charge in [-0.3, -0.25) is 9.88 Å². The van der Waals surface area contributed by atoms with E-state index in [4.69, 9.17) is 0 Å². The van der Waals surface area contributed by atoms with Gasteiger partial charge in [0.25, 0.3) is 0 Å². The number of anilines is 1. The standard InChI is InChI=1S/C14H15BrFN5/c15-12-5-11(6-17-7-12)10-20-1-3-21(4-2-20)14-18-8-13(16)9-19-14/h5-9H,1-4,10H2. The second-order valence-electron chi connectivity index (χ2n) is 4.98. The van der Waals surface area contributed by atoms with Crippen LogP contribution in [-0.4, -0.2) is 46.0 Å². The molecular weight excluding hydrogens is 337 g/mol. The maximum Gasteiger partial charge on any atom is 0.225 e. The molecule has 0 atom stereocenters. The number of pyridine rings is 1. The monoisotopic (exact) mass is 351 g/mol. The van der Waals surface area contributed by atoms with Gasteiger partial charge in [-0.2, -0.15) is 0 Å². The summed E-state index contributed by atoms with van der Waals surface area (Å²) in [5.74, 6) is 0.194. The van der Waals surface area contributed by atoms with Crippen molar-refractivity contribution in [2.24, 2.45) is 0 Å². The number of aromatic nitrogens is 3. The molecule has 110 valence electrons. The van der Waals surface area contributed by atoms with Crippen LogP contribution in [0.1, 0.15) is 5.56 Å². The van der Waals surface area contributed by atoms with E-state index in [-0.39, 0.29) is 0 Å². The lowest BCUT2D eigenvalue weighted by atomic mass is 10.2. The molecule has 0 saturated carbocycles. The summed E-state index contributed by atoms with van der Waals surface area (Å²) in [4.78, 5) is 16.7. The average Bonchev–Trinajstić information content (AvgIpc) is 2.49. The van der Waals surface area contributed by atoms with Crippen molar-refractivity contribution in [1.82, 2.24) is 19.9 Å². The zero-order valence-corrected chi connectivity index (χ0v) is 13.0. The van der Waals surface area contributed by atoms with Gasteiger partial charge in [-0.15, -0.1) is 0 Å². The van der Waals surface area contributed by atoms with Crippen molar-refractivity contribution < 1.29 is 4.39 Å². The Kier molecular flexibility index (Phi) is 4.40. The van der Waals surface area contributed by atoms with E-state index in [2.05, 4.69) is 46.7 Å². The summed E-state index contributed by atoms with van der Waals surface area (Å²) >= 11 is 3.44. The van der Waals surface area contributed by atoms with Gasteiger partial charge in [0.05, 0.1) is 12.4 Å². The van der Waals surface area contributed by atoms with Crippen molar-refractivity contribution in [3.63, 3.8) is 0 Å². The highest BCUT2D eigenvalue weighted by Gasteiger charge is 2.19. The average molecular weight is 352 g/mol. The predicted octanol–water partition coefficient (Wildman–Crippen LogP) is 2.10. The molecule has 21 heavy (non-hydrogen) atoms. The fourth-order valence-corrected chi connectivity index (χ4v) is 2.79.